The Kier molecular flexibility index (Phi) is 6.05. The number of ether oxygens (including phenoxy) is 1. The van der Waals surface area contributed by atoms with Crippen LogP contribution in [0.4, 0.5) is 0 Å². The molecule has 3 aromatic heterocycles. The van der Waals surface area contributed by atoms with Crippen LogP contribution in [0, 0.1) is 6.92 Å². The van der Waals surface area contributed by atoms with Crippen LogP contribution in [0.5, 0.6) is 5.75 Å². The first-order chi connectivity index (χ1) is 14.2. The molecule has 1 aliphatic heterocycles. The standard InChI is InChI=1S/C22H27N5O2/c1-17-7-6-13-27-19(16-24-10-14-29-18-8-5-9-23-15-18)20(25-21(17)27)22(28)26-11-3-2-4-12-26/h5-9,13,15,24H,2-4,10-12,14,16H2,1H3. The van der Waals surface area contributed by atoms with E-state index >= 15 is 0 Å². The fraction of sp³-hybridized carbons (Fsp3) is 0.409. The number of hydrogen-bond acceptors (Lipinski definition) is 5. The molecule has 7 nitrogen and oxygen atoms in total. The number of aryl methyl sites for hydroxylation is 1. The molecule has 1 aliphatic rings. The quantitative estimate of drug-likeness (QED) is 0.625. The molecule has 1 saturated heterocycles. The Balaban J connectivity index is 1.47. The van der Waals surface area contributed by atoms with Crippen LogP contribution in [0.3, 0.4) is 0 Å². The average Bonchev–Trinajstić information content (AvgIpc) is 3.14. The molecular weight excluding hydrogens is 366 g/mol. The van der Waals surface area contributed by atoms with Crippen LogP contribution in [0.15, 0.2) is 42.9 Å². The van der Waals surface area contributed by atoms with Gasteiger partial charge in [-0.15, -0.1) is 0 Å². The molecule has 0 unspecified atom stereocenters. The number of imidazole rings is 1. The largest absolute Gasteiger partial charge is 0.491 e. The van der Waals surface area contributed by atoms with Crippen molar-refractivity contribution in [1.29, 1.82) is 0 Å². The summed E-state index contributed by atoms with van der Waals surface area (Å²) in [6.07, 6.45) is 8.72. The molecule has 0 aliphatic carbocycles. The molecule has 1 fully saturated rings. The first kappa shape index (κ1) is 19.4. The molecule has 1 amide bonds. The van der Waals surface area contributed by atoms with Crippen molar-refractivity contribution >= 4 is 11.6 Å². The van der Waals surface area contributed by atoms with Crippen molar-refractivity contribution in [2.24, 2.45) is 0 Å². The van der Waals surface area contributed by atoms with E-state index in [1.54, 1.807) is 12.4 Å². The number of aromatic nitrogens is 3. The predicted octanol–water partition coefficient (Wildman–Crippen LogP) is 2.83. The summed E-state index contributed by atoms with van der Waals surface area (Å²) in [5.41, 5.74) is 3.37. The van der Waals surface area contributed by atoms with Gasteiger partial charge in [0, 0.05) is 38.6 Å². The van der Waals surface area contributed by atoms with E-state index < -0.39 is 0 Å². The SMILES string of the molecule is Cc1cccn2c(CNCCOc3cccnc3)c(C(=O)N3CCCCC3)nc12. The molecule has 152 valence electrons. The zero-order valence-corrected chi connectivity index (χ0v) is 16.8. The molecule has 0 bridgehead atoms. The maximum Gasteiger partial charge on any atom is 0.274 e. The van der Waals surface area contributed by atoms with E-state index in [1.165, 1.54) is 6.42 Å². The zero-order valence-electron chi connectivity index (χ0n) is 16.8. The van der Waals surface area contributed by atoms with Crippen molar-refractivity contribution in [2.75, 3.05) is 26.2 Å². The Morgan fingerprint density at radius 3 is 2.86 bits per heavy atom. The van der Waals surface area contributed by atoms with Gasteiger partial charge in [0.25, 0.3) is 5.91 Å². The maximum absolute atomic E-state index is 13.2. The van der Waals surface area contributed by atoms with E-state index in [-0.39, 0.29) is 5.91 Å². The molecule has 7 heteroatoms. The first-order valence-corrected chi connectivity index (χ1v) is 10.2. The summed E-state index contributed by atoms with van der Waals surface area (Å²) < 4.78 is 7.71. The minimum absolute atomic E-state index is 0.0382. The average molecular weight is 393 g/mol. The van der Waals surface area contributed by atoms with Gasteiger partial charge in [-0.3, -0.25) is 9.78 Å². The molecule has 3 aromatic rings. The summed E-state index contributed by atoms with van der Waals surface area (Å²) in [6.45, 7) is 5.39. The van der Waals surface area contributed by atoms with E-state index in [1.807, 2.05) is 46.7 Å². The van der Waals surface area contributed by atoms with Crippen LogP contribution in [0.1, 0.15) is 41.0 Å². The van der Waals surface area contributed by atoms with Crippen LogP contribution >= 0.6 is 0 Å². The minimum Gasteiger partial charge on any atom is -0.491 e. The van der Waals surface area contributed by atoms with E-state index in [4.69, 9.17) is 9.72 Å². The number of carbonyl (C=O) groups is 1. The van der Waals surface area contributed by atoms with Gasteiger partial charge < -0.3 is 19.4 Å². The highest BCUT2D eigenvalue weighted by atomic mass is 16.5. The molecule has 0 atom stereocenters. The molecule has 4 rings (SSSR count). The second kappa shape index (κ2) is 9.05. The third-order valence-corrected chi connectivity index (χ3v) is 5.26. The Labute approximate surface area is 170 Å². The van der Waals surface area contributed by atoms with Crippen LogP contribution in [-0.4, -0.2) is 51.4 Å². The fourth-order valence-corrected chi connectivity index (χ4v) is 3.72. The van der Waals surface area contributed by atoms with Crippen molar-refractivity contribution in [2.45, 2.75) is 32.7 Å². The van der Waals surface area contributed by atoms with Gasteiger partial charge in [0.05, 0.1) is 11.9 Å². The lowest BCUT2D eigenvalue weighted by atomic mass is 10.1. The number of nitrogens with zero attached hydrogens (tertiary/aromatic N) is 4. The van der Waals surface area contributed by atoms with Crippen molar-refractivity contribution in [1.82, 2.24) is 24.6 Å². The Bertz CT molecular complexity index is 964. The maximum atomic E-state index is 13.2. The monoisotopic (exact) mass is 393 g/mol. The van der Waals surface area contributed by atoms with Crippen molar-refractivity contribution in [3.63, 3.8) is 0 Å². The molecule has 1 N–H and O–H groups in total. The molecule has 0 radical (unpaired) electrons. The van der Waals surface area contributed by atoms with Gasteiger partial charge in [0.1, 0.15) is 18.0 Å². The van der Waals surface area contributed by atoms with Gasteiger partial charge in [-0.1, -0.05) is 6.07 Å². The molecule has 0 spiro atoms. The van der Waals surface area contributed by atoms with Crippen molar-refractivity contribution in [3.05, 3.63) is 59.8 Å². The van der Waals surface area contributed by atoms with E-state index in [2.05, 4.69) is 10.3 Å². The number of fused-ring (bicyclic) bond motifs is 1. The zero-order chi connectivity index (χ0) is 20.1. The summed E-state index contributed by atoms with van der Waals surface area (Å²) >= 11 is 0. The number of carbonyl (C=O) groups excluding carboxylic acids is 1. The summed E-state index contributed by atoms with van der Waals surface area (Å²) in [6, 6.07) is 7.75. The van der Waals surface area contributed by atoms with Crippen LogP contribution in [0.2, 0.25) is 0 Å². The van der Waals surface area contributed by atoms with E-state index in [0.717, 1.165) is 48.6 Å². The summed E-state index contributed by atoms with van der Waals surface area (Å²) in [5, 5.41) is 3.39. The van der Waals surface area contributed by atoms with E-state index in [9.17, 15) is 4.79 Å². The Hall–Kier alpha value is -2.93. The lowest BCUT2D eigenvalue weighted by Gasteiger charge is -2.26. The number of rotatable bonds is 7. The van der Waals surface area contributed by atoms with Gasteiger partial charge >= 0.3 is 0 Å². The summed E-state index contributed by atoms with van der Waals surface area (Å²) in [5.74, 6) is 0.789. The second-order valence-electron chi connectivity index (χ2n) is 7.36. The molecular formula is C22H27N5O2. The first-order valence-electron chi connectivity index (χ1n) is 10.2. The van der Waals surface area contributed by atoms with Gasteiger partial charge in [0.2, 0.25) is 0 Å². The summed E-state index contributed by atoms with van der Waals surface area (Å²) in [4.78, 5) is 23.9. The number of piperidine rings is 1. The molecule has 4 heterocycles. The second-order valence-corrected chi connectivity index (χ2v) is 7.36. The highest BCUT2D eigenvalue weighted by Gasteiger charge is 2.25. The summed E-state index contributed by atoms with van der Waals surface area (Å²) in [7, 11) is 0. The Morgan fingerprint density at radius 1 is 1.21 bits per heavy atom. The normalized spacial score (nSPS) is 14.3. The smallest absolute Gasteiger partial charge is 0.274 e. The lowest BCUT2D eigenvalue weighted by Crippen LogP contribution is -2.36. The Morgan fingerprint density at radius 2 is 2.07 bits per heavy atom. The van der Waals surface area contributed by atoms with Crippen molar-refractivity contribution in [3.8, 4) is 5.75 Å². The minimum atomic E-state index is 0.0382. The number of amides is 1. The molecule has 0 saturated carbocycles. The van der Waals surface area contributed by atoms with Crippen LogP contribution in [0.25, 0.3) is 5.65 Å². The third kappa shape index (κ3) is 4.40. The highest BCUT2D eigenvalue weighted by molar-refractivity contribution is 5.94. The molecule has 29 heavy (non-hydrogen) atoms. The third-order valence-electron chi connectivity index (χ3n) is 5.26. The van der Waals surface area contributed by atoms with Crippen molar-refractivity contribution < 1.29 is 9.53 Å². The highest BCUT2D eigenvalue weighted by Crippen LogP contribution is 2.20. The number of hydrogen-bond donors (Lipinski definition) is 1. The van der Waals surface area contributed by atoms with Gasteiger partial charge in [-0.2, -0.15) is 0 Å². The van der Waals surface area contributed by atoms with Gasteiger partial charge in [0.15, 0.2) is 5.69 Å². The predicted molar refractivity (Wildman–Crippen MR) is 111 cm³/mol. The van der Waals surface area contributed by atoms with Crippen LogP contribution < -0.4 is 10.1 Å². The van der Waals surface area contributed by atoms with E-state index in [0.29, 0.717) is 25.4 Å². The van der Waals surface area contributed by atoms with Gasteiger partial charge in [-0.25, -0.2) is 4.98 Å². The molecule has 0 aromatic carbocycles. The lowest BCUT2D eigenvalue weighted by molar-refractivity contribution is 0.0717. The number of pyridine rings is 2. The fourth-order valence-electron chi connectivity index (χ4n) is 3.72. The number of likely N-dealkylation sites (tertiary alicyclic amines) is 1. The van der Waals surface area contributed by atoms with Crippen LogP contribution in [-0.2, 0) is 6.54 Å². The number of nitrogens with one attached hydrogen (secondary N) is 1. The topological polar surface area (TPSA) is 71.8 Å². The van der Waals surface area contributed by atoms with Gasteiger partial charge in [-0.05, 0) is 49.9 Å².